The van der Waals surface area contributed by atoms with Crippen LogP contribution in [0, 0.1) is 18.3 Å². The van der Waals surface area contributed by atoms with E-state index in [0.717, 1.165) is 17.0 Å². The van der Waals surface area contributed by atoms with Crippen LogP contribution in [0.3, 0.4) is 0 Å². The summed E-state index contributed by atoms with van der Waals surface area (Å²) in [5, 5.41) is 18.5. The van der Waals surface area contributed by atoms with Crippen LogP contribution < -0.4 is 5.43 Å². The van der Waals surface area contributed by atoms with E-state index in [1.54, 1.807) is 0 Å². The molecular formula is C26H36N2O5. The first-order valence-corrected chi connectivity index (χ1v) is 11.0. The van der Waals surface area contributed by atoms with Crippen molar-refractivity contribution in [1.82, 2.24) is 9.47 Å². The first-order valence-electron chi connectivity index (χ1n) is 11.0. The Morgan fingerprint density at radius 2 is 1.91 bits per heavy atom. The SMILES string of the molecule is C#C.CC.CN1CC(C(C)(C)C)n2cc(C(=O)O)c(=O)cc2/C1=C1\C=CC=C(OCCO)C1. The molecule has 7 heteroatoms. The van der Waals surface area contributed by atoms with E-state index in [4.69, 9.17) is 9.84 Å². The van der Waals surface area contributed by atoms with Crippen LogP contribution >= 0.6 is 0 Å². The van der Waals surface area contributed by atoms with E-state index in [2.05, 4.69) is 38.5 Å². The highest BCUT2D eigenvalue weighted by molar-refractivity contribution is 5.87. The van der Waals surface area contributed by atoms with Crippen molar-refractivity contribution >= 4 is 11.7 Å². The second-order valence-electron chi connectivity index (χ2n) is 8.53. The van der Waals surface area contributed by atoms with Gasteiger partial charge in [-0.15, -0.1) is 12.8 Å². The summed E-state index contributed by atoms with van der Waals surface area (Å²) in [6, 6.07) is 1.43. The van der Waals surface area contributed by atoms with E-state index in [9.17, 15) is 14.7 Å². The molecule has 0 aromatic carbocycles. The normalized spacial score (nSPS) is 19.2. The summed E-state index contributed by atoms with van der Waals surface area (Å²) in [4.78, 5) is 26.2. The predicted octanol–water partition coefficient (Wildman–Crippen LogP) is 3.92. The molecule has 2 heterocycles. The number of pyridine rings is 1. The number of aromatic nitrogens is 1. The van der Waals surface area contributed by atoms with E-state index in [1.165, 1.54) is 12.3 Å². The van der Waals surface area contributed by atoms with E-state index in [-0.39, 0.29) is 30.2 Å². The standard InChI is InChI=1S/C22H28N2O5.C2H6.C2H2/c1-22(2,3)19-13-23(4)20(14-6-5-7-15(10-14)29-9-8-25)17-11-18(26)16(21(27)28)12-24(17)19;2*1-2/h5-7,11-12,19,25H,8-10,13H2,1-4H3,(H,27,28);1-2H3;1-2H/b20-14-;;. The number of rotatable bonds is 4. The van der Waals surface area contributed by atoms with E-state index < -0.39 is 11.4 Å². The van der Waals surface area contributed by atoms with Crippen molar-refractivity contribution in [3.8, 4) is 12.8 Å². The molecule has 1 aliphatic carbocycles. The van der Waals surface area contributed by atoms with Crippen molar-refractivity contribution in [3.63, 3.8) is 0 Å². The molecule has 0 amide bonds. The third-order valence-electron chi connectivity index (χ3n) is 5.34. The summed E-state index contributed by atoms with van der Waals surface area (Å²) in [5.41, 5.74) is 1.71. The Balaban J connectivity index is 0.00000129. The van der Waals surface area contributed by atoms with Gasteiger partial charge in [-0.1, -0.05) is 46.8 Å². The minimum absolute atomic E-state index is 0.00114. The van der Waals surface area contributed by atoms with Gasteiger partial charge in [-0.05, 0) is 17.1 Å². The van der Waals surface area contributed by atoms with Crippen LogP contribution in [0.15, 0.2) is 46.6 Å². The van der Waals surface area contributed by atoms with Crippen molar-refractivity contribution in [2.24, 2.45) is 5.41 Å². The number of carboxylic acids is 1. The van der Waals surface area contributed by atoms with Gasteiger partial charge < -0.3 is 24.4 Å². The second kappa shape index (κ2) is 12.1. The Hall–Kier alpha value is -3.24. The number of allylic oxidation sites excluding steroid dienone is 4. The number of nitrogens with zero attached hydrogens (tertiary/aromatic N) is 2. The van der Waals surface area contributed by atoms with Crippen LogP contribution in [0.2, 0.25) is 0 Å². The van der Waals surface area contributed by atoms with Gasteiger partial charge in [0, 0.05) is 32.3 Å². The van der Waals surface area contributed by atoms with Crippen molar-refractivity contribution < 1.29 is 19.7 Å². The molecule has 1 aliphatic heterocycles. The monoisotopic (exact) mass is 456 g/mol. The number of aliphatic hydroxyl groups excluding tert-OH is 1. The molecule has 1 aromatic rings. The molecule has 0 fully saturated rings. The lowest BCUT2D eigenvalue weighted by Crippen LogP contribution is -2.42. The quantitative estimate of drug-likeness (QED) is 0.668. The fraction of sp³-hybridized carbons (Fsp3) is 0.462. The largest absolute Gasteiger partial charge is 0.495 e. The average Bonchev–Trinajstić information content (AvgIpc) is 2.79. The number of carboxylic acid groups (broad SMARTS) is 1. The molecule has 3 rings (SSSR count). The molecule has 1 unspecified atom stereocenters. The second-order valence-corrected chi connectivity index (χ2v) is 8.53. The number of fused-ring (bicyclic) bond motifs is 1. The molecule has 180 valence electrons. The lowest BCUT2D eigenvalue weighted by atomic mass is 9.83. The summed E-state index contributed by atoms with van der Waals surface area (Å²) in [7, 11) is 1.99. The van der Waals surface area contributed by atoms with Crippen molar-refractivity contribution in [3.05, 3.63) is 63.3 Å². The Morgan fingerprint density at radius 1 is 1.27 bits per heavy atom. The van der Waals surface area contributed by atoms with E-state index in [1.807, 2.05) is 43.7 Å². The van der Waals surface area contributed by atoms with Crippen LogP contribution in [0.25, 0.3) is 5.70 Å². The minimum Gasteiger partial charge on any atom is -0.495 e. The van der Waals surface area contributed by atoms with Gasteiger partial charge >= 0.3 is 5.97 Å². The third kappa shape index (κ3) is 6.39. The summed E-state index contributed by atoms with van der Waals surface area (Å²) >= 11 is 0. The summed E-state index contributed by atoms with van der Waals surface area (Å²) in [5.74, 6) is -0.474. The van der Waals surface area contributed by atoms with Crippen LogP contribution in [-0.4, -0.2) is 52.5 Å². The number of aliphatic hydroxyl groups is 1. The number of carbonyl (C=O) groups is 1. The van der Waals surface area contributed by atoms with Crippen molar-refractivity contribution in [2.45, 2.75) is 47.1 Å². The Labute approximate surface area is 196 Å². The first-order chi connectivity index (χ1) is 15.6. The average molecular weight is 457 g/mol. The minimum atomic E-state index is -1.22. The molecule has 0 spiro atoms. The predicted molar refractivity (Wildman–Crippen MR) is 132 cm³/mol. The summed E-state index contributed by atoms with van der Waals surface area (Å²) in [6.45, 7) is 11.2. The number of ether oxygens (including phenoxy) is 1. The highest BCUT2D eigenvalue weighted by Crippen LogP contribution is 2.40. The smallest absolute Gasteiger partial charge is 0.341 e. The molecule has 2 N–H and O–H groups in total. The third-order valence-corrected chi connectivity index (χ3v) is 5.34. The maximum absolute atomic E-state index is 12.5. The van der Waals surface area contributed by atoms with Gasteiger partial charge in [0.2, 0.25) is 0 Å². The molecule has 1 aromatic heterocycles. The van der Waals surface area contributed by atoms with Crippen molar-refractivity contribution in [2.75, 3.05) is 26.8 Å². The lowest BCUT2D eigenvalue weighted by molar-refractivity contribution is 0.0693. The van der Waals surface area contributed by atoms with Gasteiger partial charge in [0.1, 0.15) is 17.9 Å². The highest BCUT2D eigenvalue weighted by atomic mass is 16.5. The zero-order valence-corrected chi connectivity index (χ0v) is 20.5. The van der Waals surface area contributed by atoms with Crippen LogP contribution in [0.1, 0.15) is 63.1 Å². The molecule has 7 nitrogen and oxygen atoms in total. The highest BCUT2D eigenvalue weighted by Gasteiger charge is 2.36. The molecule has 0 saturated carbocycles. The number of hydrogen-bond acceptors (Lipinski definition) is 5. The number of terminal acetylenes is 1. The van der Waals surface area contributed by atoms with Gasteiger partial charge in [-0.3, -0.25) is 4.79 Å². The van der Waals surface area contributed by atoms with Gasteiger partial charge in [0.15, 0.2) is 5.43 Å². The number of hydrogen-bond donors (Lipinski definition) is 2. The Kier molecular flexibility index (Phi) is 10.2. The van der Waals surface area contributed by atoms with E-state index >= 15 is 0 Å². The lowest BCUT2D eigenvalue weighted by Gasteiger charge is -2.44. The molecule has 0 radical (unpaired) electrons. The van der Waals surface area contributed by atoms with Gasteiger partial charge in [-0.2, -0.15) is 0 Å². The number of likely N-dealkylation sites (N-methyl/N-ethyl adjacent to an activating group) is 1. The van der Waals surface area contributed by atoms with Gasteiger partial charge in [-0.25, -0.2) is 4.79 Å². The maximum atomic E-state index is 12.5. The van der Waals surface area contributed by atoms with Gasteiger partial charge in [0.25, 0.3) is 0 Å². The molecule has 0 bridgehead atoms. The van der Waals surface area contributed by atoms with Crippen molar-refractivity contribution in [1.29, 1.82) is 0 Å². The fourth-order valence-electron chi connectivity index (χ4n) is 3.91. The van der Waals surface area contributed by atoms with Crippen LogP contribution in [0.4, 0.5) is 0 Å². The zero-order chi connectivity index (χ0) is 25.3. The zero-order valence-electron chi connectivity index (χ0n) is 20.5. The van der Waals surface area contributed by atoms with Crippen LogP contribution in [0.5, 0.6) is 0 Å². The summed E-state index contributed by atoms with van der Waals surface area (Å²) in [6.07, 6.45) is 15.7. The molecule has 2 aliphatic rings. The molecule has 33 heavy (non-hydrogen) atoms. The first kappa shape index (κ1) is 27.8. The van der Waals surface area contributed by atoms with E-state index in [0.29, 0.717) is 18.7 Å². The Morgan fingerprint density at radius 3 is 2.45 bits per heavy atom. The van der Waals surface area contributed by atoms with Crippen LogP contribution in [-0.2, 0) is 4.74 Å². The fourth-order valence-corrected chi connectivity index (χ4v) is 3.91. The number of aromatic carboxylic acids is 1. The van der Waals surface area contributed by atoms with Gasteiger partial charge in [0.05, 0.1) is 24.0 Å². The summed E-state index contributed by atoms with van der Waals surface area (Å²) < 4.78 is 7.53. The molecule has 1 atom stereocenters. The topological polar surface area (TPSA) is 92.0 Å². The maximum Gasteiger partial charge on any atom is 0.341 e. The Bertz CT molecular complexity index is 1010. The molecular weight excluding hydrogens is 420 g/mol. The molecule has 0 saturated heterocycles.